The first-order valence-corrected chi connectivity index (χ1v) is 7.61. The van der Waals surface area contributed by atoms with Crippen LogP contribution in [0.25, 0.3) is 0 Å². The number of rotatable bonds is 4. The third-order valence-electron chi connectivity index (χ3n) is 4.14. The maximum atomic E-state index is 4.81. The van der Waals surface area contributed by atoms with E-state index in [2.05, 4.69) is 26.1 Å². The predicted octanol–water partition coefficient (Wildman–Crippen LogP) is 4.03. The van der Waals surface area contributed by atoms with Crippen molar-refractivity contribution in [1.29, 1.82) is 0 Å². The number of thiazole rings is 1. The van der Waals surface area contributed by atoms with E-state index in [9.17, 15) is 0 Å². The second kappa shape index (κ2) is 5.49. The molecule has 1 saturated carbocycles. The molecule has 1 aromatic heterocycles. The fourth-order valence-corrected chi connectivity index (χ4v) is 4.08. The molecule has 0 saturated heterocycles. The van der Waals surface area contributed by atoms with Gasteiger partial charge >= 0.3 is 0 Å². The van der Waals surface area contributed by atoms with Crippen LogP contribution in [0.1, 0.15) is 67.1 Å². The minimum atomic E-state index is 0.435. The topological polar surface area (TPSA) is 24.9 Å². The summed E-state index contributed by atoms with van der Waals surface area (Å²) in [5.74, 6) is 1.68. The lowest BCUT2D eigenvalue weighted by Gasteiger charge is -2.08. The number of hydrogen-bond acceptors (Lipinski definition) is 3. The number of nitrogens with zero attached hydrogens (tertiary/aromatic N) is 1. The van der Waals surface area contributed by atoms with Crippen molar-refractivity contribution in [3.8, 4) is 0 Å². The first-order valence-electron chi connectivity index (χ1n) is 6.80. The SMILES string of the molecule is CCC1CCC(c2nc(C)c(C(C)NC)s2)C1. The molecule has 1 N–H and O–H groups in total. The van der Waals surface area contributed by atoms with Crippen LogP contribution in [0, 0.1) is 12.8 Å². The van der Waals surface area contributed by atoms with Gasteiger partial charge in [-0.1, -0.05) is 13.3 Å². The van der Waals surface area contributed by atoms with Crippen molar-refractivity contribution >= 4 is 11.3 Å². The van der Waals surface area contributed by atoms with Gasteiger partial charge in [-0.2, -0.15) is 0 Å². The lowest BCUT2D eigenvalue weighted by molar-refractivity contribution is 0.521. The van der Waals surface area contributed by atoms with Crippen LogP contribution < -0.4 is 5.32 Å². The lowest BCUT2D eigenvalue weighted by Crippen LogP contribution is -2.11. The molecule has 3 unspecified atom stereocenters. The van der Waals surface area contributed by atoms with Crippen molar-refractivity contribution in [1.82, 2.24) is 10.3 Å². The van der Waals surface area contributed by atoms with Crippen molar-refractivity contribution in [2.45, 2.75) is 58.4 Å². The molecule has 0 spiro atoms. The van der Waals surface area contributed by atoms with Gasteiger partial charge in [0.25, 0.3) is 0 Å². The molecule has 2 rings (SSSR count). The lowest BCUT2D eigenvalue weighted by atomic mass is 10.0. The van der Waals surface area contributed by atoms with E-state index in [1.54, 1.807) is 0 Å². The molecule has 3 atom stereocenters. The Morgan fingerprint density at radius 3 is 2.82 bits per heavy atom. The monoisotopic (exact) mass is 252 g/mol. The van der Waals surface area contributed by atoms with E-state index in [-0.39, 0.29) is 0 Å². The van der Waals surface area contributed by atoms with Crippen molar-refractivity contribution < 1.29 is 0 Å². The van der Waals surface area contributed by atoms with Gasteiger partial charge in [-0.3, -0.25) is 0 Å². The van der Waals surface area contributed by atoms with E-state index >= 15 is 0 Å². The summed E-state index contributed by atoms with van der Waals surface area (Å²) in [5, 5.41) is 4.70. The van der Waals surface area contributed by atoms with E-state index in [0.29, 0.717) is 6.04 Å². The number of aromatic nitrogens is 1. The average Bonchev–Trinajstić information content (AvgIpc) is 2.94. The molecular weight excluding hydrogens is 228 g/mol. The summed E-state index contributed by atoms with van der Waals surface area (Å²) in [7, 11) is 2.02. The zero-order valence-electron chi connectivity index (χ0n) is 11.4. The molecule has 1 aliphatic carbocycles. The zero-order chi connectivity index (χ0) is 12.4. The van der Waals surface area contributed by atoms with Gasteiger partial charge < -0.3 is 5.32 Å². The Bertz CT molecular complexity index is 372. The summed E-state index contributed by atoms with van der Waals surface area (Å²) >= 11 is 1.93. The molecule has 0 aromatic carbocycles. The summed E-state index contributed by atoms with van der Waals surface area (Å²) in [6, 6.07) is 0.435. The number of nitrogens with one attached hydrogen (secondary N) is 1. The Morgan fingerprint density at radius 1 is 1.47 bits per heavy atom. The van der Waals surface area contributed by atoms with Crippen LogP contribution in [0.4, 0.5) is 0 Å². The number of aryl methyl sites for hydroxylation is 1. The highest BCUT2D eigenvalue weighted by Crippen LogP contribution is 2.42. The van der Waals surface area contributed by atoms with Gasteiger partial charge in [-0.05, 0) is 46.1 Å². The molecule has 1 fully saturated rings. The molecule has 0 radical (unpaired) electrons. The summed E-state index contributed by atoms with van der Waals surface area (Å²) in [6.07, 6.45) is 5.44. The molecule has 0 aliphatic heterocycles. The zero-order valence-corrected chi connectivity index (χ0v) is 12.2. The highest BCUT2D eigenvalue weighted by Gasteiger charge is 2.27. The average molecular weight is 252 g/mol. The van der Waals surface area contributed by atoms with E-state index in [1.807, 2.05) is 18.4 Å². The fraction of sp³-hybridized carbons (Fsp3) is 0.786. The van der Waals surface area contributed by atoms with Gasteiger partial charge in [-0.15, -0.1) is 11.3 Å². The van der Waals surface area contributed by atoms with Crippen LogP contribution in [0.15, 0.2) is 0 Å². The van der Waals surface area contributed by atoms with Gasteiger partial charge in [0.15, 0.2) is 0 Å². The molecular formula is C14H24N2S. The summed E-state index contributed by atoms with van der Waals surface area (Å²) in [4.78, 5) is 6.23. The van der Waals surface area contributed by atoms with Crippen molar-refractivity contribution in [3.63, 3.8) is 0 Å². The molecule has 0 bridgehead atoms. The molecule has 1 aromatic rings. The van der Waals surface area contributed by atoms with Crippen molar-refractivity contribution in [3.05, 3.63) is 15.6 Å². The largest absolute Gasteiger partial charge is 0.312 e. The highest BCUT2D eigenvalue weighted by atomic mass is 32.1. The Kier molecular flexibility index (Phi) is 4.21. The predicted molar refractivity (Wildman–Crippen MR) is 74.7 cm³/mol. The van der Waals surface area contributed by atoms with Crippen LogP contribution in [0.2, 0.25) is 0 Å². The molecule has 2 nitrogen and oxygen atoms in total. The Labute approximate surface area is 109 Å². The maximum Gasteiger partial charge on any atom is 0.0962 e. The van der Waals surface area contributed by atoms with Gasteiger partial charge in [0.1, 0.15) is 0 Å². The summed E-state index contributed by atoms with van der Waals surface area (Å²) < 4.78 is 0. The number of hydrogen-bond donors (Lipinski definition) is 1. The Morgan fingerprint density at radius 2 is 2.24 bits per heavy atom. The van der Waals surface area contributed by atoms with Gasteiger partial charge in [0, 0.05) is 16.8 Å². The van der Waals surface area contributed by atoms with Crippen LogP contribution in [0.3, 0.4) is 0 Å². The minimum Gasteiger partial charge on any atom is -0.312 e. The van der Waals surface area contributed by atoms with Crippen LogP contribution in [0.5, 0.6) is 0 Å². The molecule has 1 aliphatic rings. The molecule has 17 heavy (non-hydrogen) atoms. The summed E-state index contributed by atoms with van der Waals surface area (Å²) in [6.45, 7) is 6.68. The third-order valence-corrected chi connectivity index (χ3v) is 5.65. The quantitative estimate of drug-likeness (QED) is 0.875. The third kappa shape index (κ3) is 2.71. The van der Waals surface area contributed by atoms with Crippen LogP contribution in [-0.4, -0.2) is 12.0 Å². The van der Waals surface area contributed by atoms with Gasteiger partial charge in [0.05, 0.1) is 10.7 Å². The van der Waals surface area contributed by atoms with Crippen molar-refractivity contribution in [2.75, 3.05) is 7.05 Å². The highest BCUT2D eigenvalue weighted by molar-refractivity contribution is 7.11. The van der Waals surface area contributed by atoms with E-state index in [4.69, 9.17) is 4.98 Å². The molecule has 3 heteroatoms. The van der Waals surface area contributed by atoms with Crippen LogP contribution in [-0.2, 0) is 0 Å². The Balaban J connectivity index is 2.12. The standard InChI is InChI=1S/C14H24N2S/c1-5-11-6-7-12(8-11)14-16-10(3)13(17-14)9(2)15-4/h9,11-12,15H,5-8H2,1-4H3. The second-order valence-corrected chi connectivity index (χ2v) is 6.36. The molecule has 96 valence electrons. The Hall–Kier alpha value is -0.410. The second-order valence-electron chi connectivity index (χ2n) is 5.30. The van der Waals surface area contributed by atoms with Gasteiger partial charge in [-0.25, -0.2) is 4.98 Å². The summed E-state index contributed by atoms with van der Waals surface area (Å²) in [5.41, 5.74) is 1.23. The van der Waals surface area contributed by atoms with Gasteiger partial charge in [0.2, 0.25) is 0 Å². The molecule has 1 heterocycles. The maximum absolute atomic E-state index is 4.81. The van der Waals surface area contributed by atoms with E-state index in [1.165, 1.54) is 41.3 Å². The van der Waals surface area contributed by atoms with E-state index in [0.717, 1.165) is 11.8 Å². The first-order chi connectivity index (χ1) is 8.15. The molecule has 0 amide bonds. The van der Waals surface area contributed by atoms with Crippen molar-refractivity contribution in [2.24, 2.45) is 5.92 Å². The first kappa shape index (κ1) is 13.0. The van der Waals surface area contributed by atoms with Crippen LogP contribution >= 0.6 is 11.3 Å². The minimum absolute atomic E-state index is 0.435. The fourth-order valence-electron chi connectivity index (χ4n) is 2.81. The normalized spacial score (nSPS) is 26.4. The smallest absolute Gasteiger partial charge is 0.0962 e. The van der Waals surface area contributed by atoms with E-state index < -0.39 is 0 Å².